The van der Waals surface area contributed by atoms with Crippen molar-refractivity contribution in [1.29, 1.82) is 0 Å². The third-order valence-corrected chi connectivity index (χ3v) is 13.7. The van der Waals surface area contributed by atoms with Gasteiger partial charge in [0, 0.05) is 6.42 Å². The van der Waals surface area contributed by atoms with Crippen molar-refractivity contribution in [3.63, 3.8) is 0 Å². The number of hydrogen-bond acceptors (Lipinski definition) is 13. The Morgan fingerprint density at radius 3 is 1.38 bits per heavy atom. The number of ether oxygens (including phenoxy) is 4. The lowest BCUT2D eigenvalue weighted by Gasteiger charge is -2.46. The molecule has 0 aliphatic carbocycles. The summed E-state index contributed by atoms with van der Waals surface area (Å²) in [6, 6.07) is -0.942. The molecule has 2 aliphatic rings. The lowest BCUT2D eigenvalue weighted by Crippen LogP contribution is -2.65. The second kappa shape index (κ2) is 43.2. The summed E-state index contributed by atoms with van der Waals surface area (Å²) in [7, 11) is 0. The largest absolute Gasteiger partial charge is 0.394 e. The molecule has 12 atom stereocenters. The molecule has 2 heterocycles. The lowest BCUT2D eigenvalue weighted by atomic mass is 9.97. The van der Waals surface area contributed by atoms with Gasteiger partial charge in [-0.1, -0.05) is 184 Å². The average Bonchev–Trinajstić information content (AvgIpc) is 3.37. The number of aliphatic hydroxyl groups is 8. The SMILES string of the molecule is CCCCCCCC/C=C\CCCCCCCC(=O)NC(COC1OC(CO)C(OC2OC(CO)C(O)C(O)C2O)C(O)C1O)C(O)/C=C/CC/C=C/CC/C=C/CCCCCCCCCCCCCC. The van der Waals surface area contributed by atoms with E-state index in [2.05, 4.69) is 55.6 Å². The Bertz CT molecular complexity index is 1380. The molecule has 2 aliphatic heterocycles. The van der Waals surface area contributed by atoms with Crippen LogP contribution in [0.1, 0.15) is 213 Å². The van der Waals surface area contributed by atoms with Crippen molar-refractivity contribution < 1.29 is 64.6 Å². The molecule has 14 nitrogen and oxygen atoms in total. The van der Waals surface area contributed by atoms with Gasteiger partial charge in [-0.25, -0.2) is 0 Å². The van der Waals surface area contributed by atoms with Crippen LogP contribution in [0.3, 0.4) is 0 Å². The fourth-order valence-electron chi connectivity index (χ4n) is 9.08. The zero-order valence-corrected chi connectivity index (χ0v) is 44.2. The number of amides is 1. The fourth-order valence-corrected chi connectivity index (χ4v) is 9.08. The number of unbranched alkanes of at least 4 members (excludes halogenated alkanes) is 25. The molecule has 0 radical (unpaired) electrons. The van der Waals surface area contributed by atoms with Gasteiger partial charge in [0.2, 0.25) is 5.91 Å². The van der Waals surface area contributed by atoms with Crippen molar-refractivity contribution in [2.75, 3.05) is 19.8 Å². The third kappa shape index (κ3) is 29.6. The molecule has 0 aromatic rings. The zero-order valence-electron chi connectivity index (χ0n) is 44.2. The predicted molar refractivity (Wildman–Crippen MR) is 281 cm³/mol. The van der Waals surface area contributed by atoms with Gasteiger partial charge < -0.3 is 65.1 Å². The minimum Gasteiger partial charge on any atom is -0.394 e. The Kier molecular flexibility index (Phi) is 39.6. The van der Waals surface area contributed by atoms with E-state index in [4.69, 9.17) is 18.9 Å². The highest BCUT2D eigenvalue weighted by Gasteiger charge is 2.51. The Labute approximate surface area is 429 Å². The first kappa shape index (κ1) is 65.1. The first-order valence-corrected chi connectivity index (χ1v) is 28.4. The van der Waals surface area contributed by atoms with Crippen LogP contribution in [0, 0.1) is 0 Å². The van der Waals surface area contributed by atoms with Crippen LogP contribution in [0.25, 0.3) is 0 Å². The van der Waals surface area contributed by atoms with E-state index in [-0.39, 0.29) is 18.9 Å². The van der Waals surface area contributed by atoms with Gasteiger partial charge in [-0.05, 0) is 70.6 Å². The van der Waals surface area contributed by atoms with Crippen molar-refractivity contribution in [2.24, 2.45) is 0 Å². The van der Waals surface area contributed by atoms with E-state index in [1.807, 2.05) is 6.08 Å². The summed E-state index contributed by atoms with van der Waals surface area (Å²) < 4.78 is 22.7. The van der Waals surface area contributed by atoms with Crippen LogP contribution in [-0.2, 0) is 23.7 Å². The maximum absolute atomic E-state index is 13.2. The number of rotatable bonds is 44. The van der Waals surface area contributed by atoms with E-state index in [0.717, 1.165) is 64.2 Å². The van der Waals surface area contributed by atoms with Crippen LogP contribution in [0.4, 0.5) is 0 Å². The van der Waals surface area contributed by atoms with Crippen LogP contribution >= 0.6 is 0 Å². The molecule has 14 heteroatoms. The van der Waals surface area contributed by atoms with Gasteiger partial charge in [0.1, 0.15) is 48.8 Å². The van der Waals surface area contributed by atoms with Crippen LogP contribution in [0.5, 0.6) is 0 Å². The van der Waals surface area contributed by atoms with Gasteiger partial charge in [-0.3, -0.25) is 4.79 Å². The Hall–Kier alpha value is -2.05. The molecule has 1 amide bonds. The molecule has 71 heavy (non-hydrogen) atoms. The lowest BCUT2D eigenvalue weighted by molar-refractivity contribution is -0.359. The minimum absolute atomic E-state index is 0.259. The first-order valence-electron chi connectivity index (χ1n) is 28.4. The molecular weight excluding hydrogens is 907 g/mol. The van der Waals surface area contributed by atoms with Crippen molar-refractivity contribution in [3.8, 4) is 0 Å². The van der Waals surface area contributed by atoms with Crippen LogP contribution < -0.4 is 5.32 Å². The third-order valence-electron chi connectivity index (χ3n) is 13.7. The summed E-state index contributed by atoms with van der Waals surface area (Å²) in [4.78, 5) is 13.2. The molecule has 0 saturated carbocycles. The number of carbonyl (C=O) groups excluding carboxylic acids is 1. The predicted octanol–water partition coefficient (Wildman–Crippen LogP) is 8.83. The highest BCUT2D eigenvalue weighted by Crippen LogP contribution is 2.30. The number of carbonyl (C=O) groups is 1. The summed E-state index contributed by atoms with van der Waals surface area (Å²) in [5, 5.41) is 86.9. The van der Waals surface area contributed by atoms with Crippen molar-refractivity contribution in [3.05, 3.63) is 48.6 Å². The minimum atomic E-state index is -1.79. The van der Waals surface area contributed by atoms with Gasteiger partial charge in [0.15, 0.2) is 12.6 Å². The monoisotopic (exact) mass is 1010 g/mol. The van der Waals surface area contributed by atoms with Gasteiger partial charge >= 0.3 is 0 Å². The molecule has 9 N–H and O–H groups in total. The summed E-state index contributed by atoms with van der Waals surface area (Å²) >= 11 is 0. The van der Waals surface area contributed by atoms with E-state index in [1.165, 1.54) is 116 Å². The summed E-state index contributed by atoms with van der Waals surface area (Å²) in [6.07, 6.45) is 35.8. The molecular formula is C57H103NO13. The molecule has 0 aromatic carbocycles. The zero-order chi connectivity index (χ0) is 51.7. The highest BCUT2D eigenvalue weighted by molar-refractivity contribution is 5.76. The molecule has 12 unspecified atom stereocenters. The van der Waals surface area contributed by atoms with E-state index < -0.39 is 86.8 Å². The first-order chi connectivity index (χ1) is 34.6. The van der Waals surface area contributed by atoms with E-state index in [1.54, 1.807) is 6.08 Å². The maximum atomic E-state index is 13.2. The smallest absolute Gasteiger partial charge is 0.220 e. The molecule has 0 spiro atoms. The van der Waals surface area contributed by atoms with Crippen molar-refractivity contribution >= 4 is 5.91 Å². The maximum Gasteiger partial charge on any atom is 0.220 e. The van der Waals surface area contributed by atoms with Crippen molar-refractivity contribution in [1.82, 2.24) is 5.32 Å². The molecule has 2 rings (SSSR count). The second-order valence-corrected chi connectivity index (χ2v) is 20.0. The summed E-state index contributed by atoms with van der Waals surface area (Å²) in [5.74, 6) is -0.263. The Morgan fingerprint density at radius 2 is 0.901 bits per heavy atom. The number of hydrogen-bond donors (Lipinski definition) is 9. The van der Waals surface area contributed by atoms with Crippen LogP contribution in [0.2, 0.25) is 0 Å². The molecule has 0 aromatic heterocycles. The number of allylic oxidation sites excluding steroid dienone is 7. The van der Waals surface area contributed by atoms with E-state index in [9.17, 15) is 45.6 Å². The molecule has 0 bridgehead atoms. The Balaban J connectivity index is 1.83. The summed E-state index contributed by atoms with van der Waals surface area (Å²) in [5.41, 5.74) is 0. The quantitative estimate of drug-likeness (QED) is 0.0206. The van der Waals surface area contributed by atoms with Gasteiger partial charge in [-0.15, -0.1) is 0 Å². The molecule has 2 fully saturated rings. The number of aliphatic hydroxyl groups excluding tert-OH is 8. The van der Waals surface area contributed by atoms with Crippen LogP contribution in [-0.4, -0.2) is 140 Å². The Morgan fingerprint density at radius 1 is 0.493 bits per heavy atom. The fraction of sp³-hybridized carbons (Fsp3) is 0.842. The topological polar surface area (TPSA) is 228 Å². The van der Waals surface area contributed by atoms with Gasteiger partial charge in [0.05, 0.1) is 32.0 Å². The van der Waals surface area contributed by atoms with Gasteiger partial charge in [-0.2, -0.15) is 0 Å². The standard InChI is InChI=1S/C57H103NO13/c1-3-5-7-9-11-13-15-17-19-20-21-22-23-24-25-27-28-30-32-34-36-38-40-46(61)45(58-49(62)41-39-37-35-33-31-29-26-18-16-14-12-10-8-6-4-2)44-68-56-54(67)52(65)55(48(43-60)70-56)71-57-53(66)51(64)50(63)47(42-59)69-57/h18,24-26,30,32,38,40,45-48,50-57,59-61,63-67H,3-17,19-23,27-29,31,33-37,39,41-44H2,1-2H3,(H,58,62)/b25-24+,26-18-,32-30+,40-38+. The highest BCUT2D eigenvalue weighted by atomic mass is 16.7. The summed E-state index contributed by atoms with van der Waals surface area (Å²) in [6.45, 7) is 2.76. The van der Waals surface area contributed by atoms with Crippen LogP contribution in [0.15, 0.2) is 48.6 Å². The molecule has 2 saturated heterocycles. The normalized spacial score (nSPS) is 26.1. The average molecular weight is 1010 g/mol. The van der Waals surface area contributed by atoms with Gasteiger partial charge in [0.25, 0.3) is 0 Å². The molecule has 414 valence electrons. The second-order valence-electron chi connectivity index (χ2n) is 20.0. The van der Waals surface area contributed by atoms with E-state index >= 15 is 0 Å². The number of nitrogens with one attached hydrogen (secondary N) is 1. The van der Waals surface area contributed by atoms with Crippen molar-refractivity contribution in [2.45, 2.75) is 286 Å². The van der Waals surface area contributed by atoms with E-state index in [0.29, 0.717) is 12.8 Å².